The molecular formula is C13H10ClN2NaO6S. The predicted molar refractivity (Wildman–Crippen MR) is 79.4 cm³/mol. The van der Waals surface area contributed by atoms with Crippen molar-refractivity contribution in [2.45, 2.75) is 5.09 Å². The molecule has 0 aliphatic rings. The van der Waals surface area contributed by atoms with E-state index in [4.69, 9.17) is 20.8 Å². The zero-order chi connectivity index (χ0) is 16.9. The van der Waals surface area contributed by atoms with E-state index in [1.54, 1.807) is 24.3 Å². The molecule has 0 unspecified atom stereocenters. The van der Waals surface area contributed by atoms with Gasteiger partial charge in [0, 0.05) is 0 Å². The number of ether oxygens (including phenoxy) is 1. The molecule has 0 atom stereocenters. The average Bonchev–Trinajstić information content (AvgIpc) is 2.95. The fraction of sp³-hybridized carbons (Fsp3) is 0.0769. The first-order valence-electron chi connectivity index (χ1n) is 6.11. The van der Waals surface area contributed by atoms with Gasteiger partial charge < -0.3 is 13.7 Å². The van der Waals surface area contributed by atoms with Crippen molar-refractivity contribution in [2.75, 3.05) is 6.61 Å². The van der Waals surface area contributed by atoms with E-state index in [1.165, 1.54) is 6.07 Å². The fourth-order valence-electron chi connectivity index (χ4n) is 1.44. The topological polar surface area (TPSA) is 121 Å². The Morgan fingerprint density at radius 1 is 1.33 bits per heavy atom. The zero-order valence-electron chi connectivity index (χ0n) is 12.4. The molecule has 122 valence electrons. The summed E-state index contributed by atoms with van der Waals surface area (Å²) in [6, 6.07) is 8.86. The first kappa shape index (κ1) is 20.7. The number of carbonyl (C=O) groups excluding carboxylic acids is 1. The molecule has 1 N–H and O–H groups in total. The van der Waals surface area contributed by atoms with Crippen molar-refractivity contribution in [3.05, 3.63) is 47.2 Å². The third kappa shape index (κ3) is 6.27. The Morgan fingerprint density at radius 2 is 2.04 bits per heavy atom. The van der Waals surface area contributed by atoms with Gasteiger partial charge >= 0.3 is 29.6 Å². The summed E-state index contributed by atoms with van der Waals surface area (Å²) in [6.07, 6.45) is 1.04. The average molecular weight is 381 g/mol. The second kappa shape index (κ2) is 9.21. The number of halogens is 1. The summed E-state index contributed by atoms with van der Waals surface area (Å²) < 4.78 is 42.0. The normalized spacial score (nSPS) is 11.1. The van der Waals surface area contributed by atoms with Crippen LogP contribution in [0.2, 0.25) is 5.02 Å². The van der Waals surface area contributed by atoms with Crippen LogP contribution in [0.25, 0.3) is 0 Å². The van der Waals surface area contributed by atoms with E-state index in [9.17, 15) is 17.8 Å². The molecule has 8 nitrogen and oxygen atoms in total. The number of nitrogens with one attached hydrogen (secondary N) is 1. The molecule has 0 radical (unpaired) electrons. The summed E-state index contributed by atoms with van der Waals surface area (Å²) in [5, 5.41) is 3.18. The molecule has 0 bridgehead atoms. The quantitative estimate of drug-likeness (QED) is 0.278. The maximum absolute atomic E-state index is 11.5. The summed E-state index contributed by atoms with van der Waals surface area (Å²) in [6.45, 7) is -0.320. The summed E-state index contributed by atoms with van der Waals surface area (Å²) in [7, 11) is -4.66. The van der Waals surface area contributed by atoms with Crippen LogP contribution in [0, 0.1) is 0 Å². The van der Waals surface area contributed by atoms with Crippen LogP contribution < -0.4 is 39.7 Å². The van der Waals surface area contributed by atoms with Crippen molar-refractivity contribution in [2.24, 2.45) is 5.10 Å². The Labute approximate surface area is 164 Å². The van der Waals surface area contributed by atoms with E-state index in [2.05, 4.69) is 10.5 Å². The number of nitrogens with zero attached hydrogens (tertiary/aromatic N) is 1. The van der Waals surface area contributed by atoms with E-state index in [0.717, 1.165) is 12.3 Å². The second-order valence-electron chi connectivity index (χ2n) is 4.12. The van der Waals surface area contributed by atoms with Crippen molar-refractivity contribution < 1.29 is 56.5 Å². The molecule has 0 aliphatic heterocycles. The van der Waals surface area contributed by atoms with E-state index < -0.39 is 21.1 Å². The third-order valence-corrected chi connectivity index (χ3v) is 3.45. The fourth-order valence-corrected chi connectivity index (χ4v) is 2.07. The first-order chi connectivity index (χ1) is 10.9. The Bertz CT molecular complexity index is 836. The number of carbonyl (C=O) groups is 1. The van der Waals surface area contributed by atoms with E-state index in [0.29, 0.717) is 10.8 Å². The maximum atomic E-state index is 11.5. The molecule has 2 rings (SSSR count). The zero-order valence-corrected chi connectivity index (χ0v) is 16.0. The summed E-state index contributed by atoms with van der Waals surface area (Å²) in [5.74, 6) is -0.222. The molecule has 24 heavy (non-hydrogen) atoms. The number of hydrazone groups is 1. The van der Waals surface area contributed by atoms with E-state index in [-0.39, 0.29) is 41.9 Å². The number of amides is 1. The number of furan rings is 1. The van der Waals surface area contributed by atoms with Gasteiger partial charge in [-0.3, -0.25) is 4.79 Å². The van der Waals surface area contributed by atoms with Crippen LogP contribution in [-0.2, 0) is 14.9 Å². The monoisotopic (exact) mass is 380 g/mol. The van der Waals surface area contributed by atoms with Gasteiger partial charge in [-0.1, -0.05) is 23.7 Å². The van der Waals surface area contributed by atoms with Crippen LogP contribution in [-0.4, -0.2) is 31.7 Å². The Hall–Kier alpha value is -1.36. The minimum atomic E-state index is -4.66. The van der Waals surface area contributed by atoms with Gasteiger partial charge in [-0.05, 0) is 24.3 Å². The minimum absolute atomic E-state index is 0. The maximum Gasteiger partial charge on any atom is 1.00 e. The van der Waals surface area contributed by atoms with Crippen molar-refractivity contribution >= 4 is 33.8 Å². The minimum Gasteiger partial charge on any atom is -0.742 e. The summed E-state index contributed by atoms with van der Waals surface area (Å²) >= 11 is 5.86. The Morgan fingerprint density at radius 3 is 2.67 bits per heavy atom. The van der Waals surface area contributed by atoms with Crippen LogP contribution in [0.5, 0.6) is 5.75 Å². The molecule has 1 aromatic heterocycles. The van der Waals surface area contributed by atoms with Gasteiger partial charge in [-0.25, -0.2) is 13.8 Å². The molecule has 0 saturated heterocycles. The van der Waals surface area contributed by atoms with Gasteiger partial charge in [0.1, 0.15) is 11.5 Å². The van der Waals surface area contributed by atoms with Gasteiger partial charge in [0.2, 0.25) is 5.09 Å². The van der Waals surface area contributed by atoms with Gasteiger partial charge in [-0.2, -0.15) is 5.10 Å². The van der Waals surface area contributed by atoms with Crippen LogP contribution in [0.1, 0.15) is 5.76 Å². The molecule has 1 amide bonds. The molecule has 0 aliphatic carbocycles. The van der Waals surface area contributed by atoms with Gasteiger partial charge in [-0.15, -0.1) is 0 Å². The van der Waals surface area contributed by atoms with Crippen LogP contribution in [0.4, 0.5) is 0 Å². The van der Waals surface area contributed by atoms with Gasteiger partial charge in [0.25, 0.3) is 5.91 Å². The van der Waals surface area contributed by atoms with E-state index >= 15 is 0 Å². The third-order valence-electron chi connectivity index (χ3n) is 2.42. The number of benzene rings is 1. The Kier molecular flexibility index (Phi) is 7.94. The molecular weight excluding hydrogens is 371 g/mol. The van der Waals surface area contributed by atoms with Crippen molar-refractivity contribution in [1.82, 2.24) is 5.43 Å². The Balaban J connectivity index is 0.00000288. The molecule has 0 saturated carbocycles. The molecule has 11 heteroatoms. The van der Waals surface area contributed by atoms with Gasteiger partial charge in [0.15, 0.2) is 16.7 Å². The predicted octanol–water partition coefficient (Wildman–Crippen LogP) is -1.63. The van der Waals surface area contributed by atoms with Crippen molar-refractivity contribution in [3.63, 3.8) is 0 Å². The molecule has 0 fully saturated rings. The number of hydrogen-bond acceptors (Lipinski definition) is 7. The molecule has 1 aromatic carbocycles. The van der Waals surface area contributed by atoms with Gasteiger partial charge in [0.05, 0.1) is 11.2 Å². The van der Waals surface area contributed by atoms with Crippen molar-refractivity contribution in [1.29, 1.82) is 0 Å². The summed E-state index contributed by atoms with van der Waals surface area (Å²) in [4.78, 5) is 11.5. The second-order valence-corrected chi connectivity index (χ2v) is 5.84. The molecule has 1 heterocycles. The first-order valence-corrected chi connectivity index (χ1v) is 7.90. The largest absolute Gasteiger partial charge is 1.00 e. The summed E-state index contributed by atoms with van der Waals surface area (Å²) in [5.41, 5.74) is 2.14. The smallest absolute Gasteiger partial charge is 0.742 e. The van der Waals surface area contributed by atoms with Crippen LogP contribution in [0.15, 0.2) is 51.0 Å². The molecule has 0 spiro atoms. The number of rotatable bonds is 6. The van der Waals surface area contributed by atoms with Crippen molar-refractivity contribution in [3.8, 4) is 5.75 Å². The van der Waals surface area contributed by atoms with Crippen LogP contribution in [0.3, 0.4) is 0 Å². The SMILES string of the molecule is O=C(COc1ccccc1Cl)NN=Cc1ccc(S(=O)(=O)[O-])o1.[Na+]. The number of para-hydroxylation sites is 1. The standard InChI is InChI=1S/C13H11ClN2O6S.Na/c14-10-3-1-2-4-11(10)21-8-12(17)16-15-7-9-5-6-13(22-9)23(18,19)20;/h1-7H,8H2,(H,16,17)(H,18,19,20);/q;+1/p-1. The molecule has 2 aromatic rings. The number of hydrogen-bond donors (Lipinski definition) is 1. The van der Waals surface area contributed by atoms with Crippen LogP contribution >= 0.6 is 11.6 Å². The van der Waals surface area contributed by atoms with E-state index in [1.807, 2.05) is 0 Å².